The molecule has 91 heavy (non-hydrogen) atoms. The van der Waals surface area contributed by atoms with Crippen molar-refractivity contribution < 1.29 is 65.9 Å². The Morgan fingerprint density at radius 2 is 1.30 bits per heavy atom. The van der Waals surface area contributed by atoms with E-state index >= 15 is 0 Å². The molecule has 1 spiro atoms. The van der Waals surface area contributed by atoms with E-state index in [1.807, 2.05) is 39.8 Å². The van der Waals surface area contributed by atoms with E-state index in [-0.39, 0.29) is 63.8 Å². The van der Waals surface area contributed by atoms with Crippen molar-refractivity contribution in [2.75, 3.05) is 68.5 Å². The average molecular weight is 1300 g/mol. The molecule has 11 amide bonds. The van der Waals surface area contributed by atoms with E-state index < -0.39 is 161 Å². The van der Waals surface area contributed by atoms with Crippen LogP contribution in [0.4, 0.5) is 13.2 Å². The number of hydrogen-bond donors (Lipinski definition) is 4. The van der Waals surface area contributed by atoms with Crippen molar-refractivity contribution in [3.63, 3.8) is 0 Å². The maximum atomic E-state index is 15.0. The minimum absolute atomic E-state index is 0.0422. The number of alkyl halides is 3. The normalized spacial score (nSPS) is 24.9. The number of rotatable bonds is 10. The van der Waals surface area contributed by atoms with Crippen LogP contribution in [0.3, 0.4) is 0 Å². The molecule has 22 nitrogen and oxygen atoms in total. The van der Waals surface area contributed by atoms with E-state index in [2.05, 4.69) is 21.3 Å². The molecule has 3 aliphatic rings. The summed E-state index contributed by atoms with van der Waals surface area (Å²) in [6.07, 6.45) is -2.75. The molecule has 0 bridgehead atoms. The smallest absolute Gasteiger partial charge is 0.351 e. The van der Waals surface area contributed by atoms with Crippen LogP contribution in [0.5, 0.6) is 0 Å². The fourth-order valence-corrected chi connectivity index (χ4v) is 12.6. The van der Waals surface area contributed by atoms with Gasteiger partial charge in [-0.25, -0.2) is 0 Å². The van der Waals surface area contributed by atoms with E-state index in [4.69, 9.17) is 11.6 Å². The van der Waals surface area contributed by atoms with Crippen molar-refractivity contribution in [2.45, 2.75) is 186 Å². The number of nitrogens with one attached hydrogen (secondary N) is 4. The molecule has 3 fully saturated rings. The Labute approximate surface area is 538 Å². The Hall–Kier alpha value is -7.31. The van der Waals surface area contributed by atoms with Gasteiger partial charge in [0.05, 0.1) is 30.2 Å². The van der Waals surface area contributed by atoms with Crippen molar-refractivity contribution >= 4 is 76.6 Å². The molecule has 26 heteroatoms. The fourth-order valence-electron chi connectivity index (χ4n) is 12.3. The van der Waals surface area contributed by atoms with Gasteiger partial charge in [0.15, 0.2) is 0 Å². The number of halogens is 4. The highest BCUT2D eigenvalue weighted by molar-refractivity contribution is 6.31. The monoisotopic (exact) mass is 1300 g/mol. The molecule has 4 N–H and O–H groups in total. The lowest BCUT2D eigenvalue weighted by Crippen LogP contribution is -2.64. The van der Waals surface area contributed by atoms with Crippen molar-refractivity contribution in [1.29, 1.82) is 0 Å². The van der Waals surface area contributed by atoms with E-state index in [1.54, 1.807) is 39.8 Å². The van der Waals surface area contributed by atoms with Crippen molar-refractivity contribution in [1.82, 2.24) is 55.6 Å². The number of nitrogens with zero attached hydrogens (tertiary/aromatic N) is 7. The summed E-state index contributed by atoms with van der Waals surface area (Å²) in [6.45, 7) is 12.6. The predicted molar refractivity (Wildman–Crippen MR) is 336 cm³/mol. The molecule has 504 valence electrons. The number of carbonyl (C=O) groups is 11. The third kappa shape index (κ3) is 19.4. The standard InChI is InChI=1S/C65H95ClF3N11O11/c1-15-41(7)55-62(90)76(11)36-53(83)74(9)37-54(84)78(13)50(34-44-21-18-20-40(6)31-44)61(89)75(10)35-51(81)71-47(26-24-43-23-25-45(46(66)33-43)65(67,68)69)60(88)80-29-19-22-48(80)58(86)73-64(27-16-17-28-64)63(91)79(14)56(39(4)5)59(87)70-42(8)32-52(82)77(12)49(30-38(2)3)57(85)72-55/h18,20-21,23,25,31,33,38-39,41-42,47-50,55-56H,15-17,19,22,24,26-30,32,34-37H2,1-14H3,(H,70,87)(H,71,81)(H,72,85)(H,73,86)/t41-,42+,47-,48?,49-,50-,55-,56-/m0/s1. The molecule has 2 saturated heterocycles. The molecule has 2 aliphatic heterocycles. The molecule has 2 aromatic carbocycles. The van der Waals surface area contributed by atoms with Gasteiger partial charge >= 0.3 is 6.18 Å². The Morgan fingerprint density at radius 3 is 1.89 bits per heavy atom. The Bertz CT molecular complexity index is 3000. The summed E-state index contributed by atoms with van der Waals surface area (Å²) in [7, 11) is 8.38. The van der Waals surface area contributed by atoms with Gasteiger partial charge in [-0.15, -0.1) is 0 Å². The number of fused-ring (bicyclic) bond motifs is 1. The van der Waals surface area contributed by atoms with Crippen LogP contribution >= 0.6 is 11.6 Å². The first-order valence-electron chi connectivity index (χ1n) is 31.5. The quantitative estimate of drug-likeness (QED) is 0.253. The summed E-state index contributed by atoms with van der Waals surface area (Å²) in [5, 5.41) is 10.9. The summed E-state index contributed by atoms with van der Waals surface area (Å²) in [5.74, 6) is -8.19. The minimum Gasteiger partial charge on any atom is -0.351 e. The number of aryl methyl sites for hydroxylation is 2. The van der Waals surface area contributed by atoms with Crippen LogP contribution in [0.25, 0.3) is 0 Å². The van der Waals surface area contributed by atoms with Crippen molar-refractivity contribution in [3.05, 3.63) is 69.7 Å². The largest absolute Gasteiger partial charge is 0.417 e. The lowest BCUT2D eigenvalue weighted by Gasteiger charge is -2.39. The summed E-state index contributed by atoms with van der Waals surface area (Å²) in [4.78, 5) is 168. The van der Waals surface area contributed by atoms with E-state index in [0.717, 1.165) is 37.3 Å². The van der Waals surface area contributed by atoms with Gasteiger partial charge < -0.3 is 55.6 Å². The second-order valence-corrected chi connectivity index (χ2v) is 26.4. The van der Waals surface area contributed by atoms with Gasteiger partial charge in [0.1, 0.15) is 41.8 Å². The Morgan fingerprint density at radius 1 is 0.670 bits per heavy atom. The SMILES string of the molecule is CC[C@H](C)[C@@H]1NC(=O)[C@H](CC(C)C)N(C)C(=O)C[C@@H](C)NC(=O)[C@H](C(C)C)N(C)C(=O)C2(CCCC2)NC(=O)C2CCCN2C(=O)[C@H](CCc2ccc(C(F)(F)F)c(Cl)c2)NC(=O)CN(C)C(=O)[C@H](Cc2cccc(C)c2)N(C)C(=O)CN(C)C(=O)CN(C)C1=O. The van der Waals surface area contributed by atoms with Crippen molar-refractivity contribution in [2.24, 2.45) is 17.8 Å². The van der Waals surface area contributed by atoms with E-state index in [1.165, 1.54) is 63.1 Å². The van der Waals surface area contributed by atoms with Gasteiger partial charge in [-0.3, -0.25) is 52.7 Å². The van der Waals surface area contributed by atoms with Crippen LogP contribution in [0.1, 0.15) is 135 Å². The maximum absolute atomic E-state index is 15.0. The van der Waals surface area contributed by atoms with Crippen LogP contribution in [-0.2, 0) is 71.8 Å². The molecular formula is C65H95ClF3N11O11. The molecule has 0 radical (unpaired) electrons. The fraction of sp³-hybridized carbons (Fsp3) is 0.646. The van der Waals surface area contributed by atoms with Gasteiger partial charge in [0.2, 0.25) is 65.0 Å². The van der Waals surface area contributed by atoms with Crippen LogP contribution in [0.2, 0.25) is 5.02 Å². The summed E-state index contributed by atoms with van der Waals surface area (Å²) in [6, 6.07) is 2.34. The third-order valence-electron chi connectivity index (χ3n) is 17.9. The Balaban J connectivity index is 1.56. The number of hydrogen-bond acceptors (Lipinski definition) is 11. The van der Waals surface area contributed by atoms with Gasteiger partial charge in [0, 0.05) is 67.7 Å². The summed E-state index contributed by atoms with van der Waals surface area (Å²) >= 11 is 6.11. The molecule has 2 aromatic rings. The highest BCUT2D eigenvalue weighted by Gasteiger charge is 2.49. The number of benzene rings is 2. The zero-order valence-corrected chi connectivity index (χ0v) is 56.0. The summed E-state index contributed by atoms with van der Waals surface area (Å²) in [5.41, 5.74) is -0.780. The first-order valence-corrected chi connectivity index (χ1v) is 31.9. The number of carbonyl (C=O) groups excluding carboxylic acids is 11. The second-order valence-electron chi connectivity index (χ2n) is 26.0. The van der Waals surface area contributed by atoms with Gasteiger partial charge in [-0.05, 0) is 99.8 Å². The molecule has 8 atom stereocenters. The molecule has 2 heterocycles. The van der Waals surface area contributed by atoms with Crippen LogP contribution in [0.15, 0.2) is 42.5 Å². The average Bonchev–Trinajstić information content (AvgIpc) is 1.75. The molecule has 0 aromatic heterocycles. The van der Waals surface area contributed by atoms with Gasteiger partial charge in [-0.1, -0.05) is 108 Å². The summed E-state index contributed by atoms with van der Waals surface area (Å²) < 4.78 is 41.3. The lowest BCUT2D eigenvalue weighted by molar-refractivity contribution is -0.149. The van der Waals surface area contributed by atoms with Gasteiger partial charge in [0.25, 0.3) is 0 Å². The molecule has 5 rings (SSSR count). The van der Waals surface area contributed by atoms with Crippen LogP contribution in [0, 0.1) is 24.7 Å². The van der Waals surface area contributed by atoms with Crippen molar-refractivity contribution in [3.8, 4) is 0 Å². The minimum atomic E-state index is -4.75. The molecule has 1 aliphatic carbocycles. The topological polar surface area (TPSA) is 259 Å². The zero-order chi connectivity index (χ0) is 68.1. The first kappa shape index (κ1) is 74.4. The molecular weight excluding hydrogens is 1200 g/mol. The Kier molecular flexibility index (Phi) is 26.4. The zero-order valence-electron chi connectivity index (χ0n) is 55.3. The maximum Gasteiger partial charge on any atom is 0.417 e. The molecule has 1 saturated carbocycles. The number of amides is 11. The number of likely N-dealkylation sites (N-methyl/N-ethyl adjacent to an activating group) is 6. The lowest BCUT2D eigenvalue weighted by atomic mass is 9.92. The first-order chi connectivity index (χ1) is 42.5. The van der Waals surface area contributed by atoms with E-state index in [9.17, 15) is 65.9 Å². The van der Waals surface area contributed by atoms with E-state index in [0.29, 0.717) is 36.8 Å². The second kappa shape index (κ2) is 32.3. The van der Waals surface area contributed by atoms with Crippen LogP contribution < -0.4 is 21.3 Å². The predicted octanol–water partition coefficient (Wildman–Crippen LogP) is 4.74. The van der Waals surface area contributed by atoms with Gasteiger partial charge in [-0.2, -0.15) is 13.2 Å². The highest BCUT2D eigenvalue weighted by atomic mass is 35.5. The third-order valence-corrected chi connectivity index (χ3v) is 18.2. The van der Waals surface area contributed by atoms with Crippen LogP contribution in [-0.4, -0.2) is 216 Å². The molecule has 1 unspecified atom stereocenters. The highest BCUT2D eigenvalue weighted by Crippen LogP contribution is 2.36.